The first-order valence-corrected chi connectivity index (χ1v) is 4.23. The van der Waals surface area contributed by atoms with Gasteiger partial charge in [0.1, 0.15) is 6.10 Å². The molecule has 0 amide bonds. The van der Waals surface area contributed by atoms with Gasteiger partial charge in [-0.2, -0.15) is 0 Å². The highest BCUT2D eigenvalue weighted by Crippen LogP contribution is 2.29. The molecule has 0 bridgehead atoms. The minimum atomic E-state index is -1.12. The average Bonchev–Trinajstić information content (AvgIpc) is 2.08. The van der Waals surface area contributed by atoms with Crippen LogP contribution in [0.2, 0.25) is 0 Å². The molecule has 4 nitrogen and oxygen atoms in total. The zero-order valence-corrected chi connectivity index (χ0v) is 7.09. The summed E-state index contributed by atoms with van der Waals surface area (Å²) in [5.74, 6) is -0.376. The van der Waals surface area contributed by atoms with Crippen LogP contribution in [0.15, 0.2) is 0 Å². The Morgan fingerprint density at radius 3 is 2.17 bits per heavy atom. The lowest BCUT2D eigenvalue weighted by atomic mass is 9.77. The molecule has 5 atom stereocenters. The molecule has 0 aliphatic heterocycles. The van der Waals surface area contributed by atoms with Gasteiger partial charge in [0.05, 0.1) is 12.2 Å². The zero-order chi connectivity index (χ0) is 9.30. The van der Waals surface area contributed by atoms with Crippen molar-refractivity contribution in [1.29, 1.82) is 0 Å². The van der Waals surface area contributed by atoms with E-state index in [0.717, 1.165) is 0 Å². The lowest BCUT2D eigenvalue weighted by Crippen LogP contribution is -2.51. The fourth-order valence-electron chi connectivity index (χ4n) is 1.76. The number of aliphatic hydroxyl groups is 4. The monoisotopic (exact) mass is 176 g/mol. The number of rotatable bonds is 1. The van der Waals surface area contributed by atoms with E-state index in [0.29, 0.717) is 6.42 Å². The molecule has 0 saturated heterocycles. The summed E-state index contributed by atoms with van der Waals surface area (Å²) in [5, 5.41) is 36.8. The van der Waals surface area contributed by atoms with Crippen molar-refractivity contribution in [2.24, 2.45) is 11.8 Å². The molecule has 0 heterocycles. The van der Waals surface area contributed by atoms with Gasteiger partial charge in [0.15, 0.2) is 0 Å². The van der Waals surface area contributed by atoms with Crippen molar-refractivity contribution < 1.29 is 20.4 Å². The SMILES string of the molecule is CC1CC(CO)[C@@H](O)C(O)C1O. The smallest absolute Gasteiger partial charge is 0.106 e. The molecule has 4 N–H and O–H groups in total. The fourth-order valence-corrected chi connectivity index (χ4v) is 1.76. The Labute approximate surface area is 71.5 Å². The Morgan fingerprint density at radius 1 is 1.08 bits per heavy atom. The number of aliphatic hydroxyl groups excluding tert-OH is 4. The normalized spacial score (nSPS) is 49.2. The molecule has 0 spiro atoms. The van der Waals surface area contributed by atoms with E-state index in [1.807, 2.05) is 0 Å². The molecule has 12 heavy (non-hydrogen) atoms. The molecule has 1 rings (SSSR count). The van der Waals surface area contributed by atoms with E-state index in [2.05, 4.69) is 0 Å². The third-order valence-corrected chi connectivity index (χ3v) is 2.67. The standard InChI is InChI=1S/C8H16O4/c1-4-2-5(3-9)7(11)8(12)6(4)10/h4-12H,2-3H2,1H3/t4?,5?,6?,7-,8?/m1/s1. The summed E-state index contributed by atoms with van der Waals surface area (Å²) in [6, 6.07) is 0. The maximum Gasteiger partial charge on any atom is 0.106 e. The first-order valence-electron chi connectivity index (χ1n) is 4.23. The molecule has 1 fully saturated rings. The Kier molecular flexibility index (Phi) is 3.06. The Hall–Kier alpha value is -0.160. The van der Waals surface area contributed by atoms with Crippen LogP contribution < -0.4 is 0 Å². The molecular formula is C8H16O4. The molecule has 72 valence electrons. The van der Waals surface area contributed by atoms with Gasteiger partial charge < -0.3 is 20.4 Å². The van der Waals surface area contributed by atoms with Crippen LogP contribution in [-0.2, 0) is 0 Å². The molecule has 1 aliphatic carbocycles. The predicted octanol–water partition coefficient (Wildman–Crippen LogP) is -1.28. The van der Waals surface area contributed by atoms with Crippen molar-refractivity contribution in [1.82, 2.24) is 0 Å². The van der Waals surface area contributed by atoms with Crippen molar-refractivity contribution in [3.05, 3.63) is 0 Å². The molecule has 0 aromatic heterocycles. The van der Waals surface area contributed by atoms with Crippen LogP contribution in [-0.4, -0.2) is 45.3 Å². The van der Waals surface area contributed by atoms with Crippen LogP contribution >= 0.6 is 0 Å². The van der Waals surface area contributed by atoms with Crippen molar-refractivity contribution >= 4 is 0 Å². The first-order chi connectivity index (χ1) is 5.57. The molecule has 0 radical (unpaired) electrons. The van der Waals surface area contributed by atoms with E-state index in [4.69, 9.17) is 5.11 Å². The van der Waals surface area contributed by atoms with E-state index >= 15 is 0 Å². The largest absolute Gasteiger partial charge is 0.396 e. The molecule has 1 saturated carbocycles. The van der Waals surface area contributed by atoms with E-state index in [9.17, 15) is 15.3 Å². The molecule has 0 aromatic carbocycles. The molecule has 4 heteroatoms. The summed E-state index contributed by atoms with van der Waals surface area (Å²) in [5.41, 5.74) is 0. The Bertz CT molecular complexity index is 145. The van der Waals surface area contributed by atoms with Gasteiger partial charge >= 0.3 is 0 Å². The van der Waals surface area contributed by atoms with E-state index in [1.165, 1.54) is 0 Å². The molecule has 4 unspecified atom stereocenters. The van der Waals surface area contributed by atoms with Crippen LogP contribution in [0.3, 0.4) is 0 Å². The third-order valence-electron chi connectivity index (χ3n) is 2.67. The van der Waals surface area contributed by atoms with Crippen LogP contribution in [0.1, 0.15) is 13.3 Å². The second-order valence-electron chi connectivity index (χ2n) is 3.63. The molecule has 0 aromatic rings. The quantitative estimate of drug-likeness (QED) is 0.401. The summed E-state index contributed by atoms with van der Waals surface area (Å²) in [4.78, 5) is 0. The highest BCUT2D eigenvalue weighted by molar-refractivity contribution is 4.90. The summed E-state index contributed by atoms with van der Waals surface area (Å²) in [7, 11) is 0. The minimum Gasteiger partial charge on any atom is -0.396 e. The van der Waals surface area contributed by atoms with Crippen molar-refractivity contribution in [2.45, 2.75) is 31.7 Å². The lowest BCUT2D eigenvalue weighted by molar-refractivity contribution is -0.138. The van der Waals surface area contributed by atoms with Crippen LogP contribution in [0.4, 0.5) is 0 Å². The van der Waals surface area contributed by atoms with Crippen molar-refractivity contribution in [3.8, 4) is 0 Å². The average molecular weight is 176 g/mol. The van der Waals surface area contributed by atoms with E-state index < -0.39 is 18.3 Å². The zero-order valence-electron chi connectivity index (χ0n) is 7.09. The Balaban J connectivity index is 2.63. The van der Waals surface area contributed by atoms with Crippen molar-refractivity contribution in [3.63, 3.8) is 0 Å². The van der Waals surface area contributed by atoms with Crippen molar-refractivity contribution in [2.75, 3.05) is 6.61 Å². The second-order valence-corrected chi connectivity index (χ2v) is 3.63. The minimum absolute atomic E-state index is 0.0689. The van der Waals surface area contributed by atoms with Gasteiger partial charge in [0.2, 0.25) is 0 Å². The summed E-state index contributed by atoms with van der Waals surface area (Å²) in [6.45, 7) is 1.65. The maximum atomic E-state index is 9.36. The highest BCUT2D eigenvalue weighted by atomic mass is 16.4. The molecule has 1 aliphatic rings. The first kappa shape index (κ1) is 9.92. The number of hydrogen-bond donors (Lipinski definition) is 4. The van der Waals surface area contributed by atoms with Gasteiger partial charge in [-0.05, 0) is 12.3 Å². The maximum absolute atomic E-state index is 9.36. The van der Waals surface area contributed by atoms with Gasteiger partial charge in [0, 0.05) is 12.5 Å². The summed E-state index contributed by atoms with van der Waals surface area (Å²) in [6.07, 6.45) is -2.44. The lowest BCUT2D eigenvalue weighted by Gasteiger charge is -2.38. The van der Waals surface area contributed by atoms with Crippen LogP contribution in [0.25, 0.3) is 0 Å². The molecular weight excluding hydrogens is 160 g/mol. The van der Waals surface area contributed by atoms with E-state index in [1.54, 1.807) is 6.92 Å². The number of hydrogen-bond acceptors (Lipinski definition) is 4. The summed E-state index contributed by atoms with van der Waals surface area (Å²) < 4.78 is 0. The third kappa shape index (κ3) is 1.61. The summed E-state index contributed by atoms with van der Waals surface area (Å²) >= 11 is 0. The Morgan fingerprint density at radius 2 is 1.67 bits per heavy atom. The van der Waals surface area contributed by atoms with Gasteiger partial charge in [-0.3, -0.25) is 0 Å². The predicted molar refractivity (Wildman–Crippen MR) is 42.4 cm³/mol. The van der Waals surface area contributed by atoms with Gasteiger partial charge in [-0.15, -0.1) is 0 Å². The van der Waals surface area contributed by atoms with Crippen LogP contribution in [0.5, 0.6) is 0 Å². The fraction of sp³-hybridized carbons (Fsp3) is 1.00. The van der Waals surface area contributed by atoms with Gasteiger partial charge in [0.25, 0.3) is 0 Å². The topological polar surface area (TPSA) is 80.9 Å². The van der Waals surface area contributed by atoms with Gasteiger partial charge in [-0.25, -0.2) is 0 Å². The van der Waals surface area contributed by atoms with E-state index in [-0.39, 0.29) is 18.4 Å². The highest BCUT2D eigenvalue weighted by Gasteiger charge is 2.40. The van der Waals surface area contributed by atoms with Gasteiger partial charge in [-0.1, -0.05) is 6.92 Å². The second kappa shape index (κ2) is 3.70. The van der Waals surface area contributed by atoms with Crippen LogP contribution in [0, 0.1) is 11.8 Å².